The van der Waals surface area contributed by atoms with E-state index in [9.17, 15) is 0 Å². The summed E-state index contributed by atoms with van der Waals surface area (Å²) in [5.41, 5.74) is 8.79. The molecule has 1 atom stereocenters. The Bertz CT molecular complexity index is 781. The molecule has 0 saturated carbocycles. The van der Waals surface area contributed by atoms with Crippen molar-refractivity contribution >= 4 is 21.6 Å². The Morgan fingerprint density at radius 2 is 1.95 bits per heavy atom. The van der Waals surface area contributed by atoms with Crippen molar-refractivity contribution in [3.8, 4) is 11.3 Å². The van der Waals surface area contributed by atoms with Crippen molar-refractivity contribution < 1.29 is 0 Å². The van der Waals surface area contributed by atoms with E-state index < -0.39 is 0 Å². The third-order valence-electron chi connectivity index (χ3n) is 3.42. The van der Waals surface area contributed by atoms with Crippen molar-refractivity contribution in [1.29, 1.82) is 0 Å². The van der Waals surface area contributed by atoms with Crippen molar-refractivity contribution in [3.63, 3.8) is 0 Å². The van der Waals surface area contributed by atoms with Crippen molar-refractivity contribution in [2.75, 3.05) is 0 Å². The summed E-state index contributed by atoms with van der Waals surface area (Å²) in [5.74, 6) is 0.963. The lowest BCUT2D eigenvalue weighted by molar-refractivity contribution is 0.480. The highest BCUT2D eigenvalue weighted by Crippen LogP contribution is 2.23. The van der Waals surface area contributed by atoms with Crippen LogP contribution in [0.5, 0.6) is 0 Å². The molecule has 6 heteroatoms. The van der Waals surface area contributed by atoms with Crippen LogP contribution in [0.15, 0.2) is 40.9 Å². The lowest BCUT2D eigenvalue weighted by atomic mass is 10.1. The average molecular weight is 346 g/mol. The summed E-state index contributed by atoms with van der Waals surface area (Å²) >= 11 is 3.48. The first-order valence-corrected chi connectivity index (χ1v) is 7.59. The summed E-state index contributed by atoms with van der Waals surface area (Å²) in [6.45, 7) is 4.12. The second kappa shape index (κ2) is 5.54. The second-order valence-electron chi connectivity index (χ2n) is 5.33. The predicted octanol–water partition coefficient (Wildman–Crippen LogP) is 3.21. The number of hydrogen-bond donors (Lipinski definition) is 1. The highest BCUT2D eigenvalue weighted by molar-refractivity contribution is 9.10. The number of aromatic nitrogens is 4. The summed E-state index contributed by atoms with van der Waals surface area (Å²) in [4.78, 5) is 0. The topological polar surface area (TPSA) is 69.1 Å². The maximum Gasteiger partial charge on any atom is 0.178 e. The highest BCUT2D eigenvalue weighted by Gasteiger charge is 2.18. The Morgan fingerprint density at radius 1 is 1.14 bits per heavy atom. The summed E-state index contributed by atoms with van der Waals surface area (Å²) in [7, 11) is 0. The third kappa shape index (κ3) is 2.69. The highest BCUT2D eigenvalue weighted by atomic mass is 79.9. The second-order valence-corrected chi connectivity index (χ2v) is 6.24. The van der Waals surface area contributed by atoms with Crippen LogP contribution in [0, 0.1) is 5.92 Å². The van der Waals surface area contributed by atoms with Crippen molar-refractivity contribution in [2.24, 2.45) is 11.7 Å². The van der Waals surface area contributed by atoms with Crippen LogP contribution >= 0.6 is 15.9 Å². The molecule has 0 saturated heterocycles. The van der Waals surface area contributed by atoms with Gasteiger partial charge in [-0.2, -0.15) is 9.61 Å². The largest absolute Gasteiger partial charge is 0.321 e. The fourth-order valence-electron chi connectivity index (χ4n) is 2.11. The van der Waals surface area contributed by atoms with E-state index in [2.05, 4.69) is 45.1 Å². The first-order chi connectivity index (χ1) is 10.1. The van der Waals surface area contributed by atoms with Gasteiger partial charge in [0.05, 0.1) is 11.7 Å². The smallest absolute Gasteiger partial charge is 0.178 e. The first kappa shape index (κ1) is 14.2. The molecule has 1 aromatic carbocycles. The predicted molar refractivity (Wildman–Crippen MR) is 85.7 cm³/mol. The number of halogens is 1. The molecule has 3 aromatic rings. The van der Waals surface area contributed by atoms with Crippen molar-refractivity contribution in [2.45, 2.75) is 19.9 Å². The zero-order chi connectivity index (χ0) is 15.0. The van der Waals surface area contributed by atoms with E-state index >= 15 is 0 Å². The molecule has 2 heterocycles. The number of nitrogens with two attached hydrogens (primary N) is 1. The van der Waals surface area contributed by atoms with Gasteiger partial charge in [-0.1, -0.05) is 41.9 Å². The van der Waals surface area contributed by atoms with E-state index in [1.165, 1.54) is 0 Å². The van der Waals surface area contributed by atoms with Gasteiger partial charge < -0.3 is 5.73 Å². The van der Waals surface area contributed by atoms with Gasteiger partial charge in [0.15, 0.2) is 11.5 Å². The fraction of sp³-hybridized carbons (Fsp3) is 0.267. The number of fused-ring (bicyclic) bond motifs is 1. The third-order valence-corrected chi connectivity index (χ3v) is 3.92. The number of nitrogens with zero attached hydrogens (tertiary/aromatic N) is 4. The zero-order valence-corrected chi connectivity index (χ0v) is 13.4. The van der Waals surface area contributed by atoms with Crippen LogP contribution < -0.4 is 5.73 Å². The van der Waals surface area contributed by atoms with E-state index in [4.69, 9.17) is 5.73 Å². The minimum Gasteiger partial charge on any atom is -0.321 e. The molecule has 0 fully saturated rings. The summed E-state index contributed by atoms with van der Waals surface area (Å²) in [6.07, 6.45) is 0. The minimum atomic E-state index is -0.190. The molecule has 0 bridgehead atoms. The minimum absolute atomic E-state index is 0.190. The monoisotopic (exact) mass is 345 g/mol. The molecule has 0 amide bonds. The Hall–Kier alpha value is -1.79. The number of hydrogen-bond acceptors (Lipinski definition) is 4. The molecule has 108 valence electrons. The molecule has 21 heavy (non-hydrogen) atoms. The molecule has 0 radical (unpaired) electrons. The number of rotatable bonds is 3. The van der Waals surface area contributed by atoms with Gasteiger partial charge in [-0.25, -0.2) is 0 Å². The molecule has 3 rings (SSSR count). The lowest BCUT2D eigenvalue weighted by Crippen LogP contribution is -2.20. The van der Waals surface area contributed by atoms with Gasteiger partial charge in [0.1, 0.15) is 0 Å². The van der Waals surface area contributed by atoms with Gasteiger partial charge in [-0.15, -0.1) is 10.2 Å². The van der Waals surface area contributed by atoms with E-state index in [0.717, 1.165) is 15.7 Å². The molecule has 2 N–H and O–H groups in total. The van der Waals surface area contributed by atoms with Crippen LogP contribution in [0.25, 0.3) is 16.9 Å². The quantitative estimate of drug-likeness (QED) is 0.791. The normalized spacial score (nSPS) is 13.0. The van der Waals surface area contributed by atoms with Gasteiger partial charge in [0.25, 0.3) is 0 Å². The van der Waals surface area contributed by atoms with E-state index in [1.807, 2.05) is 36.4 Å². The molecule has 1 unspecified atom stereocenters. The Balaban J connectivity index is 2.13. The molecule has 0 aliphatic heterocycles. The zero-order valence-electron chi connectivity index (χ0n) is 11.9. The maximum absolute atomic E-state index is 6.19. The molecular formula is C15H16BrN5. The molecule has 0 aliphatic rings. The van der Waals surface area contributed by atoms with Crippen LogP contribution in [-0.2, 0) is 0 Å². The maximum atomic E-state index is 6.19. The molecule has 5 nitrogen and oxygen atoms in total. The Labute approximate surface area is 131 Å². The molecule has 0 spiro atoms. The Morgan fingerprint density at radius 3 is 2.67 bits per heavy atom. The van der Waals surface area contributed by atoms with Crippen LogP contribution in [0.2, 0.25) is 0 Å². The van der Waals surface area contributed by atoms with Crippen LogP contribution in [0.3, 0.4) is 0 Å². The first-order valence-electron chi connectivity index (χ1n) is 6.80. The van der Waals surface area contributed by atoms with Gasteiger partial charge >= 0.3 is 0 Å². The summed E-state index contributed by atoms with van der Waals surface area (Å²) in [5, 5.41) is 13.0. The fourth-order valence-corrected chi connectivity index (χ4v) is 2.51. The van der Waals surface area contributed by atoms with E-state index in [1.54, 1.807) is 4.52 Å². The average Bonchev–Trinajstić information content (AvgIpc) is 2.89. The standard InChI is InChI=1S/C15H16BrN5/c1-9(2)14(17)15-19-18-13-7-6-12(20-21(13)15)10-4-3-5-11(16)8-10/h3-9,14H,17H2,1-2H3. The van der Waals surface area contributed by atoms with Crippen molar-refractivity contribution in [3.05, 3.63) is 46.7 Å². The van der Waals surface area contributed by atoms with E-state index in [-0.39, 0.29) is 12.0 Å². The van der Waals surface area contributed by atoms with Crippen LogP contribution in [0.4, 0.5) is 0 Å². The van der Waals surface area contributed by atoms with Crippen LogP contribution in [-0.4, -0.2) is 19.8 Å². The molecule has 2 aromatic heterocycles. The van der Waals surface area contributed by atoms with Gasteiger partial charge in [0.2, 0.25) is 0 Å². The molecular weight excluding hydrogens is 330 g/mol. The van der Waals surface area contributed by atoms with E-state index in [0.29, 0.717) is 11.5 Å². The van der Waals surface area contributed by atoms with Crippen LogP contribution in [0.1, 0.15) is 25.7 Å². The summed E-state index contributed by atoms with van der Waals surface area (Å²) in [6, 6.07) is 11.7. The number of benzene rings is 1. The Kier molecular flexibility index (Phi) is 3.73. The van der Waals surface area contributed by atoms with Gasteiger partial charge in [0, 0.05) is 10.0 Å². The van der Waals surface area contributed by atoms with Crippen molar-refractivity contribution in [1.82, 2.24) is 19.8 Å². The van der Waals surface area contributed by atoms with Gasteiger partial charge in [-0.3, -0.25) is 0 Å². The summed E-state index contributed by atoms with van der Waals surface area (Å²) < 4.78 is 2.76. The SMILES string of the molecule is CC(C)C(N)c1nnc2ccc(-c3cccc(Br)c3)nn12. The molecule has 0 aliphatic carbocycles. The lowest BCUT2D eigenvalue weighted by Gasteiger charge is -2.13. The van der Waals surface area contributed by atoms with Gasteiger partial charge in [-0.05, 0) is 30.2 Å².